The number of benzene rings is 1. The number of hydrogen-bond acceptors (Lipinski definition) is 6. The average molecular weight is 566 g/mol. The van der Waals surface area contributed by atoms with Gasteiger partial charge < -0.3 is 14.6 Å². The van der Waals surface area contributed by atoms with Crippen LogP contribution in [0.3, 0.4) is 0 Å². The van der Waals surface area contributed by atoms with Gasteiger partial charge in [-0.25, -0.2) is 0 Å². The minimum atomic E-state index is -0.118. The fourth-order valence-electron chi connectivity index (χ4n) is 4.67. The summed E-state index contributed by atoms with van der Waals surface area (Å²) in [6.07, 6.45) is 4.54. The molecule has 9 nitrogen and oxygen atoms in total. The van der Waals surface area contributed by atoms with E-state index in [1.807, 2.05) is 60.8 Å². The molecule has 4 rings (SSSR count). The molecule has 1 amide bonds. The van der Waals surface area contributed by atoms with Gasteiger partial charge in [-0.3, -0.25) is 9.59 Å². The lowest BCUT2D eigenvalue weighted by atomic mass is 10.0. The largest absolute Gasteiger partial charge is 0.331 e. The van der Waals surface area contributed by atoms with Gasteiger partial charge in [-0.2, -0.15) is 4.80 Å². The first-order chi connectivity index (χ1) is 18.6. The molecular formula is C30H40ClN7O2. The lowest BCUT2D eigenvalue weighted by Gasteiger charge is -2.20. The Bertz CT molecular complexity index is 1450. The predicted molar refractivity (Wildman–Crippen MR) is 159 cm³/mol. The topological polar surface area (TPSA) is 97.4 Å². The van der Waals surface area contributed by atoms with Crippen molar-refractivity contribution in [3.05, 3.63) is 82.4 Å². The quantitative estimate of drug-likeness (QED) is 0.210. The first kappa shape index (κ1) is 31.0. The summed E-state index contributed by atoms with van der Waals surface area (Å²) in [5.41, 5.74) is 4.97. The number of nitrogens with one attached hydrogen (secondary N) is 1. The second-order valence-electron chi connectivity index (χ2n) is 10.9. The Morgan fingerprint density at radius 1 is 1.02 bits per heavy atom. The second kappa shape index (κ2) is 13.2. The van der Waals surface area contributed by atoms with E-state index in [1.54, 1.807) is 18.0 Å². The minimum Gasteiger partial charge on any atom is -0.331 e. The standard InChI is InChI=1S/C30H39N7O2.ClH/c1-7-22-18-25-19-24(29(39)36(8-2)20-26-32-34-35(6)33-26)15-17-37(25)27(22)28(38)23-13-11-21(12-14-23)10-9-16-31-30(3,4)5;/h11-15,17-19,31H,7-10,16,20H2,1-6H3;1H. The van der Waals surface area contributed by atoms with Crippen molar-refractivity contribution >= 4 is 29.6 Å². The molecule has 3 aromatic heterocycles. The normalized spacial score (nSPS) is 11.4. The van der Waals surface area contributed by atoms with Crippen molar-refractivity contribution in [1.82, 2.24) is 34.8 Å². The van der Waals surface area contributed by atoms with Crippen LogP contribution in [-0.4, -0.2) is 59.8 Å². The van der Waals surface area contributed by atoms with E-state index in [4.69, 9.17) is 0 Å². The number of amides is 1. The third-order valence-corrected chi connectivity index (χ3v) is 6.76. The van der Waals surface area contributed by atoms with Gasteiger partial charge in [0.2, 0.25) is 5.78 Å². The zero-order valence-electron chi connectivity index (χ0n) is 24.3. The molecule has 0 saturated carbocycles. The van der Waals surface area contributed by atoms with Gasteiger partial charge in [-0.1, -0.05) is 31.2 Å². The number of ketones is 1. The smallest absolute Gasteiger partial charge is 0.254 e. The highest BCUT2D eigenvalue weighted by Gasteiger charge is 2.21. The van der Waals surface area contributed by atoms with E-state index in [9.17, 15) is 9.59 Å². The monoisotopic (exact) mass is 565 g/mol. The highest BCUT2D eigenvalue weighted by Crippen LogP contribution is 2.23. The van der Waals surface area contributed by atoms with E-state index in [1.165, 1.54) is 10.4 Å². The molecule has 0 aliphatic carbocycles. The molecule has 0 spiro atoms. The summed E-state index contributed by atoms with van der Waals surface area (Å²) in [4.78, 5) is 30.0. The number of tetrazole rings is 1. The number of carbonyl (C=O) groups excluding carboxylic acids is 2. The van der Waals surface area contributed by atoms with Crippen LogP contribution in [-0.2, 0) is 26.4 Å². The number of fused-ring (bicyclic) bond motifs is 1. The van der Waals surface area contributed by atoms with Gasteiger partial charge >= 0.3 is 0 Å². The molecule has 0 aliphatic rings. The lowest BCUT2D eigenvalue weighted by Crippen LogP contribution is -2.36. The maximum Gasteiger partial charge on any atom is 0.254 e. The van der Waals surface area contributed by atoms with Crippen molar-refractivity contribution in [3.63, 3.8) is 0 Å². The average Bonchev–Trinajstić information content (AvgIpc) is 3.50. The predicted octanol–water partition coefficient (Wildman–Crippen LogP) is 4.66. The number of halogens is 1. The Labute approximate surface area is 242 Å². The number of nitrogens with zero attached hydrogens (tertiary/aromatic N) is 6. The Morgan fingerprint density at radius 3 is 2.35 bits per heavy atom. The summed E-state index contributed by atoms with van der Waals surface area (Å²) in [6, 6.07) is 13.6. The molecular weight excluding hydrogens is 526 g/mol. The number of carbonyl (C=O) groups is 2. The number of hydrogen-bond donors (Lipinski definition) is 1. The van der Waals surface area contributed by atoms with Crippen LogP contribution >= 0.6 is 12.4 Å². The van der Waals surface area contributed by atoms with E-state index < -0.39 is 0 Å². The summed E-state index contributed by atoms with van der Waals surface area (Å²) in [5.74, 6) is 0.355. The highest BCUT2D eigenvalue weighted by molar-refractivity contribution is 6.10. The van der Waals surface area contributed by atoms with E-state index in [0.717, 1.165) is 30.5 Å². The van der Waals surface area contributed by atoms with Crippen LogP contribution in [0.5, 0.6) is 0 Å². The molecule has 0 saturated heterocycles. The third kappa shape index (κ3) is 7.34. The highest BCUT2D eigenvalue weighted by atomic mass is 35.5. The van der Waals surface area contributed by atoms with Crippen LogP contribution in [0.4, 0.5) is 0 Å². The molecule has 214 valence electrons. The first-order valence-corrected chi connectivity index (χ1v) is 13.6. The fraction of sp³-hybridized carbons (Fsp3) is 0.433. The molecule has 10 heteroatoms. The molecule has 0 radical (unpaired) electrons. The van der Waals surface area contributed by atoms with Crippen molar-refractivity contribution in [2.45, 2.75) is 66.0 Å². The van der Waals surface area contributed by atoms with Gasteiger partial charge in [0, 0.05) is 34.9 Å². The van der Waals surface area contributed by atoms with E-state index in [-0.39, 0.29) is 36.2 Å². The van der Waals surface area contributed by atoms with E-state index in [2.05, 4.69) is 41.5 Å². The molecule has 0 atom stereocenters. The number of pyridine rings is 1. The Kier molecular flexibility index (Phi) is 10.2. The summed E-state index contributed by atoms with van der Waals surface area (Å²) in [7, 11) is 1.70. The van der Waals surface area contributed by atoms with Crippen LogP contribution in [0.1, 0.15) is 84.4 Å². The van der Waals surface area contributed by atoms with Crippen molar-refractivity contribution in [2.75, 3.05) is 13.1 Å². The fourth-order valence-corrected chi connectivity index (χ4v) is 4.67. The van der Waals surface area contributed by atoms with Gasteiger partial charge in [-0.05, 0) is 88.0 Å². The van der Waals surface area contributed by atoms with Crippen LogP contribution in [0, 0.1) is 0 Å². The van der Waals surface area contributed by atoms with Gasteiger partial charge in [0.1, 0.15) is 0 Å². The Morgan fingerprint density at radius 2 is 1.75 bits per heavy atom. The van der Waals surface area contributed by atoms with E-state index >= 15 is 0 Å². The van der Waals surface area contributed by atoms with Gasteiger partial charge in [0.25, 0.3) is 5.91 Å². The van der Waals surface area contributed by atoms with Gasteiger partial charge in [-0.15, -0.1) is 22.6 Å². The maximum absolute atomic E-state index is 13.6. The van der Waals surface area contributed by atoms with Crippen molar-refractivity contribution in [2.24, 2.45) is 7.05 Å². The summed E-state index contributed by atoms with van der Waals surface area (Å²) in [5, 5.41) is 15.5. The van der Waals surface area contributed by atoms with Crippen LogP contribution < -0.4 is 5.32 Å². The summed E-state index contributed by atoms with van der Waals surface area (Å²) < 4.78 is 1.89. The zero-order chi connectivity index (χ0) is 28.2. The Balaban J connectivity index is 0.00000441. The van der Waals surface area contributed by atoms with Crippen molar-refractivity contribution < 1.29 is 9.59 Å². The molecule has 40 heavy (non-hydrogen) atoms. The number of aryl methyl sites for hydroxylation is 3. The van der Waals surface area contributed by atoms with E-state index in [0.29, 0.717) is 35.6 Å². The van der Waals surface area contributed by atoms with Crippen LogP contribution in [0.15, 0.2) is 48.7 Å². The number of rotatable bonds is 11. The first-order valence-electron chi connectivity index (χ1n) is 13.6. The lowest BCUT2D eigenvalue weighted by molar-refractivity contribution is 0.0748. The molecule has 0 fully saturated rings. The SMILES string of the molecule is CCc1cc2cc(C(=O)N(CC)Cc3nnn(C)n3)ccn2c1C(=O)c1ccc(CCCNC(C)(C)C)cc1.Cl. The number of aromatic nitrogens is 5. The molecule has 0 unspecified atom stereocenters. The molecule has 1 N–H and O–H groups in total. The molecule has 0 aliphatic heterocycles. The van der Waals surface area contributed by atoms with Gasteiger partial charge in [0.15, 0.2) is 5.82 Å². The van der Waals surface area contributed by atoms with Crippen molar-refractivity contribution in [1.29, 1.82) is 0 Å². The molecule has 0 bridgehead atoms. The molecule has 1 aromatic carbocycles. The second-order valence-corrected chi connectivity index (χ2v) is 10.9. The Hall–Kier alpha value is -3.56. The van der Waals surface area contributed by atoms with Crippen molar-refractivity contribution in [3.8, 4) is 0 Å². The summed E-state index contributed by atoms with van der Waals surface area (Å²) in [6.45, 7) is 12.2. The van der Waals surface area contributed by atoms with Crippen LogP contribution in [0.25, 0.3) is 5.52 Å². The zero-order valence-corrected chi connectivity index (χ0v) is 25.1. The van der Waals surface area contributed by atoms with Crippen LogP contribution in [0.2, 0.25) is 0 Å². The molecule has 3 heterocycles. The van der Waals surface area contributed by atoms with Gasteiger partial charge in [0.05, 0.1) is 19.3 Å². The maximum atomic E-state index is 13.6. The molecule has 4 aromatic rings. The summed E-state index contributed by atoms with van der Waals surface area (Å²) >= 11 is 0. The third-order valence-electron chi connectivity index (χ3n) is 6.76. The minimum absolute atomic E-state index is 0.